The van der Waals surface area contributed by atoms with Crippen LogP contribution in [0.3, 0.4) is 0 Å². The summed E-state index contributed by atoms with van der Waals surface area (Å²) < 4.78 is 10.3. The Hall–Kier alpha value is -1.48. The fourth-order valence-corrected chi connectivity index (χ4v) is 1.63. The molecule has 2 rings (SSSR count). The second kappa shape index (κ2) is 5.03. The van der Waals surface area contributed by atoms with Crippen molar-refractivity contribution in [2.45, 2.75) is 19.3 Å². The molecule has 0 fully saturated rings. The lowest BCUT2D eigenvalue weighted by atomic mass is 10.0. The Morgan fingerprint density at radius 3 is 3.00 bits per heavy atom. The highest BCUT2D eigenvalue weighted by Gasteiger charge is 2.16. The average Bonchev–Trinajstić information content (AvgIpc) is 2.30. The summed E-state index contributed by atoms with van der Waals surface area (Å²) in [6, 6.07) is 0. The lowest BCUT2D eigenvalue weighted by molar-refractivity contribution is -0.111. The molecule has 16 heavy (non-hydrogen) atoms. The zero-order chi connectivity index (χ0) is 11.4. The SMILES string of the molecule is O=C(Cl)C1=COC=C(CC2=CC=CCC2)O1. The molecule has 1 aliphatic carbocycles. The predicted molar refractivity (Wildman–Crippen MR) is 60.3 cm³/mol. The molecule has 1 aliphatic heterocycles. The highest BCUT2D eigenvalue weighted by Crippen LogP contribution is 2.25. The van der Waals surface area contributed by atoms with E-state index in [1.165, 1.54) is 18.1 Å². The van der Waals surface area contributed by atoms with Crippen molar-refractivity contribution in [3.8, 4) is 0 Å². The normalized spacial score (nSPS) is 18.9. The van der Waals surface area contributed by atoms with Gasteiger partial charge in [-0.3, -0.25) is 4.79 Å². The van der Waals surface area contributed by atoms with Crippen LogP contribution in [0.1, 0.15) is 19.3 Å². The molecule has 0 unspecified atom stereocenters. The number of carbonyl (C=O) groups is 1. The molecule has 2 aliphatic rings. The van der Waals surface area contributed by atoms with E-state index in [1.54, 1.807) is 0 Å². The summed E-state index contributed by atoms with van der Waals surface area (Å²) in [5.41, 5.74) is 1.25. The first-order valence-electron chi connectivity index (χ1n) is 5.02. The zero-order valence-corrected chi connectivity index (χ0v) is 9.37. The number of hydrogen-bond donors (Lipinski definition) is 0. The first kappa shape index (κ1) is 11.0. The maximum Gasteiger partial charge on any atom is 0.291 e. The fourth-order valence-electron chi connectivity index (χ4n) is 1.55. The van der Waals surface area contributed by atoms with Crippen LogP contribution >= 0.6 is 11.6 Å². The molecule has 0 aromatic rings. The van der Waals surface area contributed by atoms with Gasteiger partial charge in [-0.2, -0.15) is 0 Å². The van der Waals surface area contributed by atoms with E-state index in [-0.39, 0.29) is 5.76 Å². The lowest BCUT2D eigenvalue weighted by Crippen LogP contribution is -2.06. The standard InChI is InChI=1S/C12H11ClO3/c13-12(14)11-8-15-7-10(16-11)6-9-4-2-1-3-5-9/h1-2,4,7-8H,3,5-6H2. The van der Waals surface area contributed by atoms with Gasteiger partial charge in [-0.05, 0) is 24.4 Å². The third-order valence-corrected chi connectivity index (χ3v) is 2.50. The molecule has 1 heterocycles. The fraction of sp³-hybridized carbons (Fsp3) is 0.250. The summed E-state index contributed by atoms with van der Waals surface area (Å²) in [5.74, 6) is 0.638. The average molecular weight is 239 g/mol. The Balaban J connectivity index is 1.97. The van der Waals surface area contributed by atoms with Crippen LogP contribution in [0.15, 0.2) is 47.8 Å². The molecule has 0 bridgehead atoms. The van der Waals surface area contributed by atoms with Gasteiger partial charge in [-0.15, -0.1) is 0 Å². The number of halogens is 1. The van der Waals surface area contributed by atoms with E-state index >= 15 is 0 Å². The molecule has 0 aromatic carbocycles. The maximum atomic E-state index is 10.9. The molecule has 0 amide bonds. The minimum atomic E-state index is -0.650. The van der Waals surface area contributed by atoms with Crippen LogP contribution in [0.4, 0.5) is 0 Å². The molecular formula is C12H11ClO3. The molecule has 0 saturated carbocycles. The van der Waals surface area contributed by atoms with Crippen LogP contribution in [0.5, 0.6) is 0 Å². The molecule has 3 nitrogen and oxygen atoms in total. The van der Waals surface area contributed by atoms with Crippen molar-refractivity contribution in [1.82, 2.24) is 0 Å². The quantitative estimate of drug-likeness (QED) is 0.709. The number of allylic oxidation sites excluding steroid dienone is 5. The second-order valence-electron chi connectivity index (χ2n) is 3.55. The number of carbonyl (C=O) groups excluding carboxylic acids is 1. The number of hydrogen-bond acceptors (Lipinski definition) is 3. The van der Waals surface area contributed by atoms with Gasteiger partial charge in [0.05, 0.1) is 0 Å². The number of rotatable bonds is 3. The van der Waals surface area contributed by atoms with Crippen molar-refractivity contribution in [2.75, 3.05) is 0 Å². The van der Waals surface area contributed by atoms with E-state index in [4.69, 9.17) is 21.1 Å². The minimum Gasteiger partial charge on any atom is -0.465 e. The summed E-state index contributed by atoms with van der Waals surface area (Å²) >= 11 is 5.30. The maximum absolute atomic E-state index is 10.9. The van der Waals surface area contributed by atoms with Gasteiger partial charge in [0.1, 0.15) is 18.3 Å². The number of ether oxygens (including phenoxy) is 2. The molecule has 0 saturated heterocycles. The molecule has 0 spiro atoms. The van der Waals surface area contributed by atoms with Gasteiger partial charge in [0.15, 0.2) is 0 Å². The first-order chi connectivity index (χ1) is 7.75. The summed E-state index contributed by atoms with van der Waals surface area (Å²) in [6.07, 6.45) is 11.6. The van der Waals surface area contributed by atoms with E-state index in [1.807, 2.05) is 12.2 Å². The summed E-state index contributed by atoms with van der Waals surface area (Å²) in [4.78, 5) is 10.9. The Morgan fingerprint density at radius 1 is 1.44 bits per heavy atom. The van der Waals surface area contributed by atoms with Crippen LogP contribution in [0, 0.1) is 0 Å². The van der Waals surface area contributed by atoms with E-state index in [2.05, 4.69) is 6.08 Å². The van der Waals surface area contributed by atoms with Crippen LogP contribution in [0.2, 0.25) is 0 Å². The van der Waals surface area contributed by atoms with Crippen molar-refractivity contribution in [3.63, 3.8) is 0 Å². The summed E-state index contributed by atoms with van der Waals surface area (Å²) in [5, 5.41) is -0.650. The van der Waals surface area contributed by atoms with Crippen molar-refractivity contribution in [2.24, 2.45) is 0 Å². The highest BCUT2D eigenvalue weighted by atomic mass is 35.5. The molecule has 0 N–H and O–H groups in total. The van der Waals surface area contributed by atoms with Crippen molar-refractivity contribution >= 4 is 16.8 Å². The van der Waals surface area contributed by atoms with Gasteiger partial charge in [0.25, 0.3) is 5.24 Å². The molecule has 4 heteroatoms. The molecule has 0 atom stereocenters. The van der Waals surface area contributed by atoms with Gasteiger partial charge in [-0.1, -0.05) is 23.8 Å². The van der Waals surface area contributed by atoms with E-state index < -0.39 is 5.24 Å². The summed E-state index contributed by atoms with van der Waals surface area (Å²) in [7, 11) is 0. The zero-order valence-electron chi connectivity index (χ0n) is 8.61. The third kappa shape index (κ3) is 2.76. The summed E-state index contributed by atoms with van der Waals surface area (Å²) in [6.45, 7) is 0. The molecule has 84 valence electrons. The van der Waals surface area contributed by atoms with E-state index in [0.29, 0.717) is 12.2 Å². The van der Waals surface area contributed by atoms with Gasteiger partial charge >= 0.3 is 0 Å². The first-order valence-corrected chi connectivity index (χ1v) is 5.40. The second-order valence-corrected chi connectivity index (χ2v) is 3.89. The van der Waals surface area contributed by atoms with Crippen molar-refractivity contribution in [3.05, 3.63) is 47.8 Å². The van der Waals surface area contributed by atoms with E-state index in [9.17, 15) is 4.79 Å². The molecule has 0 radical (unpaired) electrons. The van der Waals surface area contributed by atoms with Crippen molar-refractivity contribution < 1.29 is 14.3 Å². The molecular weight excluding hydrogens is 228 g/mol. The molecule has 0 aromatic heterocycles. The Morgan fingerprint density at radius 2 is 2.31 bits per heavy atom. The van der Waals surface area contributed by atoms with Gasteiger partial charge in [0, 0.05) is 6.42 Å². The minimum absolute atomic E-state index is 0.0334. The Labute approximate surface area is 98.7 Å². The highest BCUT2D eigenvalue weighted by molar-refractivity contribution is 6.67. The Kier molecular flexibility index (Phi) is 3.47. The third-order valence-electron chi connectivity index (χ3n) is 2.31. The topological polar surface area (TPSA) is 35.5 Å². The monoisotopic (exact) mass is 238 g/mol. The lowest BCUT2D eigenvalue weighted by Gasteiger charge is -2.16. The Bertz CT molecular complexity index is 416. The van der Waals surface area contributed by atoms with E-state index in [0.717, 1.165) is 12.8 Å². The van der Waals surface area contributed by atoms with Crippen LogP contribution in [-0.2, 0) is 14.3 Å². The van der Waals surface area contributed by atoms with Crippen LogP contribution in [-0.4, -0.2) is 5.24 Å². The van der Waals surface area contributed by atoms with Gasteiger partial charge in [0.2, 0.25) is 5.76 Å². The largest absolute Gasteiger partial charge is 0.465 e. The van der Waals surface area contributed by atoms with Crippen LogP contribution in [0.25, 0.3) is 0 Å². The van der Waals surface area contributed by atoms with Crippen molar-refractivity contribution in [1.29, 1.82) is 0 Å². The smallest absolute Gasteiger partial charge is 0.291 e. The van der Waals surface area contributed by atoms with Gasteiger partial charge in [-0.25, -0.2) is 0 Å². The van der Waals surface area contributed by atoms with Gasteiger partial charge < -0.3 is 9.47 Å². The predicted octanol–water partition coefficient (Wildman–Crippen LogP) is 3.15. The van der Waals surface area contributed by atoms with Crippen LogP contribution < -0.4 is 0 Å².